The Morgan fingerprint density at radius 1 is 1.03 bits per heavy atom. The van der Waals surface area contributed by atoms with Crippen LogP contribution in [0.3, 0.4) is 0 Å². The Hall–Kier alpha value is -4.81. The van der Waals surface area contributed by atoms with Crippen molar-refractivity contribution in [1.29, 1.82) is 0 Å². The third-order valence-corrected chi connectivity index (χ3v) is 15.2. The van der Waals surface area contributed by atoms with Gasteiger partial charge in [0.2, 0.25) is 0 Å². The minimum Gasteiger partial charge on any atom is -0.400 e. The molecule has 12 nitrogen and oxygen atoms in total. The number of hydrogen-bond donors (Lipinski definition) is 4. The van der Waals surface area contributed by atoms with E-state index in [1.165, 1.54) is 39.5 Å². The number of unbranched alkanes of at least 4 members (excludes halogenated alkanes) is 2. The van der Waals surface area contributed by atoms with Gasteiger partial charge in [-0.15, -0.1) is 6.58 Å². The van der Waals surface area contributed by atoms with Gasteiger partial charge in [-0.05, 0) is 167 Å². The van der Waals surface area contributed by atoms with Crippen LogP contribution in [0, 0.1) is 23.2 Å². The third kappa shape index (κ3) is 19.9. The molecule has 3 atom stereocenters. The van der Waals surface area contributed by atoms with Gasteiger partial charge in [-0.2, -0.15) is 0 Å². The normalized spacial score (nSPS) is 14.7. The van der Waals surface area contributed by atoms with E-state index >= 15 is 0 Å². The molecular weight excluding hydrogens is 950 g/mol. The molecule has 1 aliphatic heterocycles. The molecule has 5 N–H and O–H groups in total. The van der Waals surface area contributed by atoms with Gasteiger partial charge in [0.1, 0.15) is 5.67 Å². The second kappa shape index (κ2) is 32.8. The number of aliphatic hydroxyl groups is 1. The Morgan fingerprint density at radius 2 is 1.70 bits per heavy atom. The number of piperidine rings is 1. The summed E-state index contributed by atoms with van der Waals surface area (Å²) in [7, 11) is 10.9. The Kier molecular flexibility index (Phi) is 29.1. The fraction of sp³-hybridized carbons (Fsp3) is 0.619. The fourth-order valence-corrected chi connectivity index (χ4v) is 10.1. The van der Waals surface area contributed by atoms with Crippen molar-refractivity contribution in [3.05, 3.63) is 97.5 Å². The molecule has 1 fully saturated rings. The maximum absolute atomic E-state index is 13.9. The van der Waals surface area contributed by atoms with E-state index in [2.05, 4.69) is 156 Å². The molecule has 13 heteroatoms. The van der Waals surface area contributed by atoms with E-state index in [0.29, 0.717) is 31.8 Å². The molecule has 3 heterocycles. The molecule has 2 aromatic heterocycles. The Balaban J connectivity index is 0.000000786. The molecule has 1 aliphatic rings. The molecule has 76 heavy (non-hydrogen) atoms. The highest BCUT2D eigenvalue weighted by molar-refractivity contribution is 5.95. The van der Waals surface area contributed by atoms with Crippen molar-refractivity contribution in [2.24, 2.45) is 17.2 Å². The summed E-state index contributed by atoms with van der Waals surface area (Å²) >= 11 is 0. The van der Waals surface area contributed by atoms with E-state index in [0.717, 1.165) is 108 Å². The van der Waals surface area contributed by atoms with Crippen LogP contribution in [0.4, 0.5) is 10.1 Å². The minimum absolute atomic E-state index is 0.0857. The Labute approximate surface area is 461 Å². The smallest absolute Gasteiger partial charge is 0.298 e. The molecule has 1 saturated heterocycles. The van der Waals surface area contributed by atoms with Gasteiger partial charge in [-0.3, -0.25) is 25.9 Å². The number of benzene rings is 1. The van der Waals surface area contributed by atoms with E-state index in [4.69, 9.17) is 20.7 Å². The number of anilines is 1. The lowest BCUT2D eigenvalue weighted by molar-refractivity contribution is -0.127. The summed E-state index contributed by atoms with van der Waals surface area (Å²) in [6, 6.07) is 11.8. The summed E-state index contributed by atoms with van der Waals surface area (Å²) in [5, 5.41) is 12.2. The SMILES string of the molecule is C=CC1(F)CCN(C(=O)C#CC(C)(C)N(C)C)CC1.C=CCCC(C)(C)Cc1c(-c2cccnc2C(C)OC)n(CC)c2ccc(N(CC)CCCC(NC(=C)C(C(C)C)N(C)C)C(=C)CCCCCNN)cc12.CO. The molecule has 426 valence electrons. The highest BCUT2D eigenvalue weighted by Gasteiger charge is 2.33. The number of likely N-dealkylation sites (tertiary alicyclic amines) is 1. The number of carbonyl (C=O) groups is 1. The van der Waals surface area contributed by atoms with E-state index < -0.39 is 5.67 Å². The lowest BCUT2D eigenvalue weighted by atomic mass is 9.80. The number of likely N-dealkylation sites (N-methyl/N-ethyl adjacent to an activating group) is 1. The quantitative estimate of drug-likeness (QED) is 0.0175. The number of nitrogens with two attached hydrogens (primary N) is 1. The van der Waals surface area contributed by atoms with E-state index in [-0.39, 0.29) is 35.0 Å². The van der Waals surface area contributed by atoms with Crippen LogP contribution in [-0.2, 0) is 22.5 Å². The lowest BCUT2D eigenvalue weighted by Gasteiger charge is -2.34. The highest BCUT2D eigenvalue weighted by Crippen LogP contribution is 2.42. The molecule has 0 spiro atoms. The number of hydrogen-bond acceptors (Lipinski definition) is 10. The number of hydrazine groups is 1. The summed E-state index contributed by atoms with van der Waals surface area (Å²) in [5.41, 5.74) is 10.9. The first-order valence-corrected chi connectivity index (χ1v) is 27.9. The van der Waals surface area contributed by atoms with Gasteiger partial charge in [-0.25, -0.2) is 4.39 Å². The zero-order chi connectivity index (χ0) is 57.4. The maximum atomic E-state index is 13.9. The average Bonchev–Trinajstić information content (AvgIpc) is 3.69. The standard InChI is InChI=1S/C47H77N7O.C15H23FN2O.CH4O/c1-14-17-28-47(9,10)33-41-40-32-38(26-27-43(40)54(16-3)46(41)39-24-21-29-49-44(39)37(8)55-13)53(15-2)31-22-25-42(35(6)23-19-18-20-30-50-48)51-36(7)45(34(4)5)52(11)12;1-6-15(16)9-11-18(12-10-15)13(19)7-8-14(2,3)17(4)5;1-2/h14,21,24,26-27,29,32,34,37,42,45,50-51H,1,6-7,15-20,22-23,25,28,30-31,33,48H2,2-5,8-13H3;6H,1,9-12H2,2-5H3;2H,1H3. The van der Waals surface area contributed by atoms with E-state index in [9.17, 15) is 9.18 Å². The van der Waals surface area contributed by atoms with Crippen LogP contribution in [0.5, 0.6) is 0 Å². The molecule has 0 aliphatic carbocycles. The van der Waals surface area contributed by atoms with E-state index in [1.54, 1.807) is 12.0 Å². The molecule has 1 amide bonds. The van der Waals surface area contributed by atoms with Gasteiger partial charge in [0.25, 0.3) is 5.91 Å². The number of pyridine rings is 1. The second-order valence-corrected chi connectivity index (χ2v) is 22.5. The van der Waals surface area contributed by atoms with Crippen LogP contribution in [0.15, 0.2) is 86.3 Å². The monoisotopic (exact) mass is 1050 g/mol. The maximum Gasteiger partial charge on any atom is 0.298 e. The summed E-state index contributed by atoms with van der Waals surface area (Å²) in [5.74, 6) is 11.4. The van der Waals surface area contributed by atoms with Gasteiger partial charge in [-0.1, -0.05) is 77.5 Å². The van der Waals surface area contributed by atoms with Crippen molar-refractivity contribution in [3.63, 3.8) is 0 Å². The van der Waals surface area contributed by atoms with Crippen molar-refractivity contribution in [2.75, 3.05) is 80.0 Å². The molecule has 0 saturated carbocycles. The van der Waals surface area contributed by atoms with Crippen LogP contribution in [0.25, 0.3) is 22.2 Å². The fourth-order valence-electron chi connectivity index (χ4n) is 10.1. The highest BCUT2D eigenvalue weighted by atomic mass is 19.1. The largest absolute Gasteiger partial charge is 0.400 e. The Bertz CT molecular complexity index is 2320. The first kappa shape index (κ1) is 67.3. The summed E-state index contributed by atoms with van der Waals surface area (Å²) in [6.07, 6.45) is 15.2. The number of amides is 1. The number of nitrogens with zero attached hydrogens (tertiary/aromatic N) is 6. The molecule has 0 radical (unpaired) electrons. The molecule has 0 bridgehead atoms. The molecule has 4 rings (SSSR count). The number of carbonyl (C=O) groups excluding carboxylic acids is 1. The van der Waals surface area contributed by atoms with Crippen LogP contribution in [-0.4, -0.2) is 134 Å². The predicted octanol–water partition coefficient (Wildman–Crippen LogP) is 11.7. The average molecular weight is 1050 g/mol. The van der Waals surface area contributed by atoms with Gasteiger partial charge in [0.05, 0.1) is 29.1 Å². The zero-order valence-electron chi connectivity index (χ0n) is 50.2. The number of aryl methyl sites for hydroxylation is 1. The number of halogens is 1. The number of fused-ring (bicyclic) bond motifs is 1. The number of aromatic nitrogens is 2. The van der Waals surface area contributed by atoms with Crippen LogP contribution in [0.1, 0.15) is 144 Å². The van der Waals surface area contributed by atoms with Crippen molar-refractivity contribution in [2.45, 2.75) is 169 Å². The van der Waals surface area contributed by atoms with Crippen LogP contribution in [0.2, 0.25) is 0 Å². The number of methoxy groups -OCH3 is 1. The topological polar surface area (TPSA) is 127 Å². The number of ether oxygens (including phenoxy) is 1. The van der Waals surface area contributed by atoms with Gasteiger partial charge < -0.3 is 34.4 Å². The summed E-state index contributed by atoms with van der Waals surface area (Å²) < 4.78 is 22.3. The van der Waals surface area contributed by atoms with E-state index in [1.807, 2.05) is 45.1 Å². The minimum atomic E-state index is -1.33. The van der Waals surface area contributed by atoms with Crippen LogP contribution >= 0.6 is 0 Å². The number of nitrogens with one attached hydrogen (secondary N) is 2. The Morgan fingerprint density at radius 3 is 2.25 bits per heavy atom. The summed E-state index contributed by atoms with van der Waals surface area (Å²) in [4.78, 5) is 25.2. The van der Waals surface area contributed by atoms with Gasteiger partial charge >= 0.3 is 0 Å². The second-order valence-electron chi connectivity index (χ2n) is 22.5. The number of allylic oxidation sites excluding steroid dienone is 2. The number of alkyl halides is 1. The van der Waals surface area contributed by atoms with Crippen molar-refractivity contribution < 1.29 is 19.0 Å². The summed E-state index contributed by atoms with van der Waals surface area (Å²) in [6.45, 7) is 41.0. The van der Waals surface area contributed by atoms with Crippen molar-refractivity contribution in [1.82, 2.24) is 35.0 Å². The molecule has 3 unspecified atom stereocenters. The predicted molar refractivity (Wildman–Crippen MR) is 322 cm³/mol. The lowest BCUT2D eigenvalue weighted by Crippen LogP contribution is -2.43. The zero-order valence-corrected chi connectivity index (χ0v) is 50.2. The van der Waals surface area contributed by atoms with Crippen LogP contribution < -0.4 is 21.5 Å². The first-order valence-electron chi connectivity index (χ1n) is 27.9. The molecule has 1 aromatic carbocycles. The third-order valence-electron chi connectivity index (χ3n) is 15.2. The number of aliphatic hydroxyl groups excluding tert-OH is 1. The molecule has 3 aromatic rings. The number of rotatable bonds is 29. The van der Waals surface area contributed by atoms with Gasteiger partial charge in [0, 0.05) is 106 Å². The van der Waals surface area contributed by atoms with Crippen molar-refractivity contribution in [3.8, 4) is 23.1 Å². The molecular formula is C63H104FN9O3. The first-order chi connectivity index (χ1) is 35.9. The van der Waals surface area contributed by atoms with Gasteiger partial charge in [0.15, 0.2) is 0 Å². The van der Waals surface area contributed by atoms with Crippen molar-refractivity contribution >= 4 is 22.5 Å².